The van der Waals surface area contributed by atoms with E-state index in [0.29, 0.717) is 24.3 Å². The monoisotopic (exact) mass is 550 g/mol. The van der Waals surface area contributed by atoms with Crippen LogP contribution >= 0.6 is 11.3 Å². The minimum atomic E-state index is -0.835. The molecule has 0 aliphatic rings. The van der Waals surface area contributed by atoms with Crippen molar-refractivity contribution in [3.8, 4) is 0 Å². The number of amides is 2. The van der Waals surface area contributed by atoms with Crippen LogP contribution in [-0.2, 0) is 14.3 Å². The van der Waals surface area contributed by atoms with Gasteiger partial charge in [0.1, 0.15) is 11.6 Å². The predicted molar refractivity (Wildman–Crippen MR) is 154 cm³/mol. The molecule has 0 unspecified atom stereocenters. The van der Waals surface area contributed by atoms with Gasteiger partial charge in [-0.05, 0) is 70.7 Å². The number of benzene rings is 2. The van der Waals surface area contributed by atoms with E-state index >= 15 is 0 Å². The third-order valence-electron chi connectivity index (χ3n) is 6.09. The SMILES string of the molecule is COC(=O)[C@H](CCCNC(=O)OC(C)(C)C)NC(=O)c1ccc(C(c2ccc(C)cc2)c2ccc(C)cc2)s1. The van der Waals surface area contributed by atoms with Crippen molar-refractivity contribution in [3.63, 3.8) is 0 Å². The Labute approximate surface area is 234 Å². The van der Waals surface area contributed by atoms with Crippen LogP contribution in [-0.4, -0.2) is 43.3 Å². The smallest absolute Gasteiger partial charge is 0.407 e. The van der Waals surface area contributed by atoms with Gasteiger partial charge in [-0.1, -0.05) is 59.7 Å². The van der Waals surface area contributed by atoms with Crippen molar-refractivity contribution in [2.24, 2.45) is 0 Å². The van der Waals surface area contributed by atoms with E-state index < -0.39 is 23.7 Å². The first-order valence-electron chi connectivity index (χ1n) is 13.0. The molecule has 1 heterocycles. The average Bonchev–Trinajstić information content (AvgIpc) is 3.36. The van der Waals surface area contributed by atoms with Gasteiger partial charge in [0.05, 0.1) is 12.0 Å². The fourth-order valence-electron chi connectivity index (χ4n) is 4.10. The van der Waals surface area contributed by atoms with E-state index in [1.165, 1.54) is 29.6 Å². The lowest BCUT2D eigenvalue weighted by atomic mass is 9.89. The molecule has 3 aromatic rings. The van der Waals surface area contributed by atoms with Crippen LogP contribution in [0.15, 0.2) is 60.7 Å². The molecule has 39 heavy (non-hydrogen) atoms. The largest absolute Gasteiger partial charge is 0.467 e. The van der Waals surface area contributed by atoms with Crippen LogP contribution in [0.2, 0.25) is 0 Å². The van der Waals surface area contributed by atoms with Gasteiger partial charge in [0.2, 0.25) is 0 Å². The van der Waals surface area contributed by atoms with Gasteiger partial charge < -0.3 is 20.1 Å². The molecule has 0 bridgehead atoms. The number of carbonyl (C=O) groups is 3. The molecule has 2 amide bonds. The lowest BCUT2D eigenvalue weighted by molar-refractivity contribution is -0.143. The van der Waals surface area contributed by atoms with Crippen LogP contribution < -0.4 is 10.6 Å². The van der Waals surface area contributed by atoms with Gasteiger partial charge in [-0.2, -0.15) is 0 Å². The Morgan fingerprint density at radius 2 is 1.44 bits per heavy atom. The highest BCUT2D eigenvalue weighted by Crippen LogP contribution is 2.36. The van der Waals surface area contributed by atoms with Crippen molar-refractivity contribution in [1.82, 2.24) is 10.6 Å². The van der Waals surface area contributed by atoms with E-state index in [9.17, 15) is 14.4 Å². The molecular weight excluding hydrogens is 512 g/mol. The predicted octanol–water partition coefficient (Wildman–Crippen LogP) is 6.12. The number of esters is 1. The van der Waals surface area contributed by atoms with Crippen LogP contribution in [0.1, 0.15) is 76.3 Å². The second-order valence-corrected chi connectivity index (χ2v) is 11.7. The summed E-state index contributed by atoms with van der Waals surface area (Å²) in [6, 6.07) is 19.8. The van der Waals surface area contributed by atoms with Gasteiger partial charge >= 0.3 is 12.1 Å². The first kappa shape index (κ1) is 29.9. The van der Waals surface area contributed by atoms with E-state index in [2.05, 4.69) is 73.0 Å². The molecule has 0 aliphatic carbocycles. The average molecular weight is 551 g/mol. The molecule has 2 N–H and O–H groups in total. The molecule has 0 fully saturated rings. The molecule has 0 spiro atoms. The van der Waals surface area contributed by atoms with E-state index in [4.69, 9.17) is 9.47 Å². The number of hydrogen-bond donors (Lipinski definition) is 2. The maximum Gasteiger partial charge on any atom is 0.407 e. The summed E-state index contributed by atoms with van der Waals surface area (Å²) >= 11 is 1.41. The normalized spacial score (nSPS) is 12.1. The molecule has 0 saturated carbocycles. The molecule has 7 nitrogen and oxygen atoms in total. The summed E-state index contributed by atoms with van der Waals surface area (Å²) in [5.74, 6) is -0.893. The number of rotatable bonds is 10. The third kappa shape index (κ3) is 8.96. The molecule has 2 aromatic carbocycles. The van der Waals surface area contributed by atoms with Gasteiger partial charge in [0, 0.05) is 17.3 Å². The van der Waals surface area contributed by atoms with Crippen molar-refractivity contribution in [3.05, 3.63) is 92.7 Å². The summed E-state index contributed by atoms with van der Waals surface area (Å²) in [5, 5.41) is 5.48. The lowest BCUT2D eigenvalue weighted by Crippen LogP contribution is -2.42. The third-order valence-corrected chi connectivity index (χ3v) is 7.23. The van der Waals surface area contributed by atoms with Gasteiger partial charge in [0.25, 0.3) is 5.91 Å². The van der Waals surface area contributed by atoms with Gasteiger partial charge in [-0.3, -0.25) is 4.79 Å². The molecule has 8 heteroatoms. The molecule has 208 valence electrons. The Morgan fingerprint density at radius 1 is 0.872 bits per heavy atom. The highest BCUT2D eigenvalue weighted by molar-refractivity contribution is 7.14. The summed E-state index contributed by atoms with van der Waals surface area (Å²) in [6.45, 7) is 9.78. The number of hydrogen-bond acceptors (Lipinski definition) is 6. The summed E-state index contributed by atoms with van der Waals surface area (Å²) in [5.41, 5.74) is 4.06. The molecule has 0 saturated heterocycles. The Bertz CT molecular complexity index is 1210. The minimum absolute atomic E-state index is 0.0203. The second-order valence-electron chi connectivity index (χ2n) is 10.6. The van der Waals surface area contributed by atoms with E-state index in [1.54, 1.807) is 26.8 Å². The molecule has 1 atom stereocenters. The van der Waals surface area contributed by atoms with Crippen LogP contribution in [0.3, 0.4) is 0 Å². The Kier molecular flexibility index (Phi) is 10.3. The lowest BCUT2D eigenvalue weighted by Gasteiger charge is -2.20. The number of ether oxygens (including phenoxy) is 2. The van der Waals surface area contributed by atoms with Crippen LogP contribution in [0.4, 0.5) is 4.79 Å². The number of aryl methyl sites for hydroxylation is 2. The van der Waals surface area contributed by atoms with Gasteiger partial charge in [-0.15, -0.1) is 11.3 Å². The number of methoxy groups -OCH3 is 1. The molecule has 0 radical (unpaired) electrons. The van der Waals surface area contributed by atoms with Crippen molar-refractivity contribution in [1.29, 1.82) is 0 Å². The molecule has 3 rings (SSSR count). The van der Waals surface area contributed by atoms with Gasteiger partial charge in [-0.25, -0.2) is 9.59 Å². The van der Waals surface area contributed by atoms with Crippen molar-refractivity contribution < 1.29 is 23.9 Å². The summed E-state index contributed by atoms with van der Waals surface area (Å²) < 4.78 is 10.1. The molecule has 1 aromatic heterocycles. The van der Waals surface area contributed by atoms with Crippen molar-refractivity contribution in [2.45, 2.75) is 65.0 Å². The van der Waals surface area contributed by atoms with Crippen LogP contribution in [0, 0.1) is 13.8 Å². The highest BCUT2D eigenvalue weighted by Gasteiger charge is 2.25. The van der Waals surface area contributed by atoms with E-state index in [0.717, 1.165) is 16.0 Å². The van der Waals surface area contributed by atoms with Gasteiger partial charge in [0.15, 0.2) is 0 Å². The second kappa shape index (κ2) is 13.4. The van der Waals surface area contributed by atoms with E-state index in [1.807, 2.05) is 6.07 Å². The zero-order chi connectivity index (χ0) is 28.6. The molecule has 0 aliphatic heterocycles. The summed E-state index contributed by atoms with van der Waals surface area (Å²) in [6.07, 6.45) is 0.239. The van der Waals surface area contributed by atoms with Crippen molar-refractivity contribution >= 4 is 29.3 Å². The maximum absolute atomic E-state index is 13.2. The fourth-order valence-corrected chi connectivity index (χ4v) is 5.17. The summed E-state index contributed by atoms with van der Waals surface area (Å²) in [7, 11) is 1.29. The van der Waals surface area contributed by atoms with E-state index in [-0.39, 0.29) is 11.8 Å². The number of thiophene rings is 1. The Balaban J connectivity index is 1.71. The first-order chi connectivity index (χ1) is 18.5. The summed E-state index contributed by atoms with van der Waals surface area (Å²) in [4.78, 5) is 39.0. The quantitative estimate of drug-likeness (QED) is 0.234. The maximum atomic E-state index is 13.2. The highest BCUT2D eigenvalue weighted by atomic mass is 32.1. The zero-order valence-electron chi connectivity index (χ0n) is 23.5. The zero-order valence-corrected chi connectivity index (χ0v) is 24.3. The standard InChI is InChI=1S/C31H38N2O5S/c1-20-9-13-22(14-10-20)27(23-15-11-21(2)12-16-23)25-17-18-26(39-25)28(34)33-24(29(35)37-6)8-7-19-32-30(36)38-31(3,4)5/h9-18,24,27H,7-8,19H2,1-6H3,(H,32,36)(H,33,34)/t24-/m0/s1. The number of carbonyl (C=O) groups excluding carboxylic acids is 3. The minimum Gasteiger partial charge on any atom is -0.467 e. The number of alkyl carbamates (subject to hydrolysis) is 1. The van der Waals surface area contributed by atoms with Crippen LogP contribution in [0.5, 0.6) is 0 Å². The first-order valence-corrected chi connectivity index (χ1v) is 13.9. The molecular formula is C31H38N2O5S. The van der Waals surface area contributed by atoms with Crippen LogP contribution in [0.25, 0.3) is 0 Å². The number of nitrogens with one attached hydrogen (secondary N) is 2. The Morgan fingerprint density at radius 3 is 1.95 bits per heavy atom. The van der Waals surface area contributed by atoms with Crippen molar-refractivity contribution in [2.75, 3.05) is 13.7 Å². The fraction of sp³-hybridized carbons (Fsp3) is 0.387. The topological polar surface area (TPSA) is 93.7 Å². The Hall–Kier alpha value is -3.65.